The molecule has 0 saturated heterocycles. The topological polar surface area (TPSA) is 21.3 Å². The zero-order chi connectivity index (χ0) is 17.5. The summed E-state index contributed by atoms with van der Waals surface area (Å²) in [5.41, 5.74) is 2.34. The molecule has 23 heavy (non-hydrogen) atoms. The molecule has 128 valence electrons. The van der Waals surface area contributed by atoms with Gasteiger partial charge in [-0.1, -0.05) is 68.1 Å². The van der Waals surface area contributed by atoms with E-state index >= 15 is 0 Å². The Labute approximate surface area is 144 Å². The lowest BCUT2D eigenvalue weighted by Gasteiger charge is -2.13. The summed E-state index contributed by atoms with van der Waals surface area (Å²) >= 11 is 0. The van der Waals surface area contributed by atoms with Crippen molar-refractivity contribution in [3.05, 3.63) is 72.4 Å². The van der Waals surface area contributed by atoms with E-state index < -0.39 is 0 Å². The van der Waals surface area contributed by atoms with Crippen LogP contribution in [0.3, 0.4) is 0 Å². The molecule has 3 heteroatoms. The van der Waals surface area contributed by atoms with Gasteiger partial charge in [0, 0.05) is 19.4 Å². The Kier molecular flexibility index (Phi) is 13.6. The first-order chi connectivity index (χ1) is 11.0. The van der Waals surface area contributed by atoms with Crippen molar-refractivity contribution >= 4 is 9.24 Å². The van der Waals surface area contributed by atoms with Gasteiger partial charge in [-0.15, -0.1) is 9.24 Å². The molecule has 0 aliphatic carbocycles. The van der Waals surface area contributed by atoms with Gasteiger partial charge in [-0.25, -0.2) is 0 Å². The van der Waals surface area contributed by atoms with Gasteiger partial charge in [-0.3, -0.25) is 0 Å². The van der Waals surface area contributed by atoms with E-state index in [4.69, 9.17) is 4.74 Å². The first-order valence-corrected chi connectivity index (χ1v) is 8.75. The van der Waals surface area contributed by atoms with Gasteiger partial charge in [-0.05, 0) is 31.4 Å². The smallest absolute Gasteiger partial charge is 0.0540 e. The van der Waals surface area contributed by atoms with Gasteiger partial charge in [-0.2, -0.15) is 0 Å². The minimum absolute atomic E-state index is 0.267. The number of ether oxygens (including phenoxy) is 1. The van der Waals surface area contributed by atoms with Gasteiger partial charge in [0.25, 0.3) is 0 Å². The van der Waals surface area contributed by atoms with Crippen molar-refractivity contribution < 1.29 is 4.74 Å². The van der Waals surface area contributed by atoms with Crippen molar-refractivity contribution in [2.24, 2.45) is 0 Å². The van der Waals surface area contributed by atoms with E-state index in [-0.39, 0.29) is 5.78 Å². The van der Waals surface area contributed by atoms with Crippen molar-refractivity contribution in [2.45, 2.75) is 39.1 Å². The summed E-state index contributed by atoms with van der Waals surface area (Å²) in [7, 11) is 4.54. The summed E-state index contributed by atoms with van der Waals surface area (Å²) in [5.74, 6) is 0.267. The number of hydrogen-bond donors (Lipinski definition) is 1. The highest BCUT2D eigenvalue weighted by Gasteiger charge is 2.02. The highest BCUT2D eigenvalue weighted by atomic mass is 31.0. The molecule has 0 bridgehead atoms. The molecule has 1 aromatic rings. The lowest BCUT2D eigenvalue weighted by molar-refractivity contribution is 0.115. The molecule has 0 spiro atoms. The third-order valence-corrected chi connectivity index (χ3v) is 3.94. The molecule has 0 fully saturated rings. The van der Waals surface area contributed by atoms with Crippen LogP contribution >= 0.6 is 9.24 Å². The number of nitrogens with one attached hydrogen (secondary N) is 1. The third kappa shape index (κ3) is 11.9. The van der Waals surface area contributed by atoms with Crippen molar-refractivity contribution in [1.82, 2.24) is 5.32 Å². The van der Waals surface area contributed by atoms with E-state index in [2.05, 4.69) is 59.2 Å². The predicted octanol–water partition coefficient (Wildman–Crippen LogP) is 5.27. The molecule has 0 radical (unpaired) electrons. The minimum atomic E-state index is 0.267. The zero-order valence-electron chi connectivity index (χ0n) is 15.0. The van der Waals surface area contributed by atoms with Crippen molar-refractivity contribution in [1.29, 1.82) is 0 Å². The number of hydrogen-bond acceptors (Lipinski definition) is 2. The Balaban J connectivity index is 0.000000688. The van der Waals surface area contributed by atoms with Crippen LogP contribution in [0.1, 0.15) is 38.5 Å². The monoisotopic (exact) mass is 333 g/mol. The average molecular weight is 333 g/mol. The number of benzene rings is 1. The summed E-state index contributed by atoms with van der Waals surface area (Å²) in [6, 6.07) is 10.4. The van der Waals surface area contributed by atoms with Gasteiger partial charge in [0.1, 0.15) is 0 Å². The molecular formula is C20H32NOP. The summed E-state index contributed by atoms with van der Waals surface area (Å²) in [6.45, 7) is 10.9. The molecule has 1 rings (SSSR count). The summed E-state index contributed by atoms with van der Waals surface area (Å²) in [5, 5.41) is 3.41. The summed E-state index contributed by atoms with van der Waals surface area (Å²) in [6.07, 6.45) is 9.57. The molecule has 3 unspecified atom stereocenters. The van der Waals surface area contributed by atoms with Crippen LogP contribution in [0.5, 0.6) is 0 Å². The largest absolute Gasteiger partial charge is 0.382 e. The SMILES string of the molecule is C=C(/C=C\C=C/C)CNC(P)c1ccccc1.CCC(C)OC. The fourth-order valence-electron chi connectivity index (χ4n) is 1.55. The third-order valence-electron chi connectivity index (χ3n) is 3.32. The van der Waals surface area contributed by atoms with E-state index in [9.17, 15) is 0 Å². The average Bonchev–Trinajstić information content (AvgIpc) is 2.60. The molecule has 0 aromatic heterocycles. The Morgan fingerprint density at radius 1 is 1.30 bits per heavy atom. The van der Waals surface area contributed by atoms with E-state index in [1.165, 1.54) is 5.56 Å². The van der Waals surface area contributed by atoms with Gasteiger partial charge in [0.15, 0.2) is 0 Å². The maximum Gasteiger partial charge on any atom is 0.0540 e. The van der Waals surface area contributed by atoms with E-state index in [0.29, 0.717) is 6.10 Å². The quantitative estimate of drug-likeness (QED) is 0.517. The van der Waals surface area contributed by atoms with Crippen molar-refractivity contribution in [2.75, 3.05) is 13.7 Å². The fourth-order valence-corrected chi connectivity index (χ4v) is 1.89. The van der Waals surface area contributed by atoms with Crippen LogP contribution in [0.25, 0.3) is 0 Å². The van der Waals surface area contributed by atoms with Crippen LogP contribution in [0, 0.1) is 0 Å². The molecule has 0 heterocycles. The lowest BCUT2D eigenvalue weighted by atomic mass is 10.2. The van der Waals surface area contributed by atoms with Crippen LogP contribution in [-0.2, 0) is 4.74 Å². The Hall–Kier alpha value is -1.21. The second kappa shape index (κ2) is 14.4. The highest BCUT2D eigenvalue weighted by molar-refractivity contribution is 7.17. The van der Waals surface area contributed by atoms with Gasteiger partial charge < -0.3 is 10.1 Å². The number of rotatable bonds is 8. The van der Waals surface area contributed by atoms with Gasteiger partial charge in [0.2, 0.25) is 0 Å². The zero-order valence-corrected chi connectivity index (χ0v) is 16.1. The second-order valence-electron chi connectivity index (χ2n) is 5.27. The standard InChI is InChI=1S/C15H20NP.C5H12O/c1-3-4-6-9-13(2)12-16-15(17)14-10-7-5-8-11-14;1-4-5(2)6-3/h3-11,15-16H,2,12,17H2,1H3;5H,4H2,1-3H3/b4-3-,9-6-;. The molecular weight excluding hydrogens is 301 g/mol. The molecule has 0 aliphatic rings. The van der Waals surface area contributed by atoms with E-state index in [1.54, 1.807) is 7.11 Å². The summed E-state index contributed by atoms with van der Waals surface area (Å²) < 4.78 is 4.90. The van der Waals surface area contributed by atoms with E-state index in [0.717, 1.165) is 18.5 Å². The predicted molar refractivity (Wildman–Crippen MR) is 107 cm³/mol. The van der Waals surface area contributed by atoms with Crippen LogP contribution in [0.4, 0.5) is 0 Å². The van der Waals surface area contributed by atoms with Gasteiger partial charge in [0.05, 0.1) is 6.10 Å². The minimum Gasteiger partial charge on any atom is -0.382 e. The van der Waals surface area contributed by atoms with Gasteiger partial charge >= 0.3 is 0 Å². The van der Waals surface area contributed by atoms with Crippen LogP contribution in [0.2, 0.25) is 0 Å². The fraction of sp³-hybridized carbons (Fsp3) is 0.400. The molecule has 0 aliphatic heterocycles. The molecule has 3 atom stereocenters. The van der Waals surface area contributed by atoms with Crippen LogP contribution < -0.4 is 5.32 Å². The number of methoxy groups -OCH3 is 1. The maximum atomic E-state index is 4.90. The van der Waals surface area contributed by atoms with Crippen molar-refractivity contribution in [3.63, 3.8) is 0 Å². The highest BCUT2D eigenvalue weighted by Crippen LogP contribution is 2.19. The first-order valence-electron chi connectivity index (χ1n) is 8.08. The van der Waals surface area contributed by atoms with Crippen LogP contribution in [0.15, 0.2) is 66.8 Å². The normalized spacial score (nSPS) is 13.6. The number of allylic oxidation sites excluding steroid dienone is 3. The summed E-state index contributed by atoms with van der Waals surface area (Å²) in [4.78, 5) is 0. The first kappa shape index (κ1) is 21.8. The molecule has 0 amide bonds. The molecule has 0 saturated carbocycles. The second-order valence-corrected chi connectivity index (χ2v) is 5.93. The maximum absolute atomic E-state index is 4.90. The lowest BCUT2D eigenvalue weighted by Crippen LogP contribution is -2.18. The Morgan fingerprint density at radius 3 is 2.43 bits per heavy atom. The van der Waals surface area contributed by atoms with E-state index in [1.807, 2.05) is 37.3 Å². The molecule has 2 nitrogen and oxygen atoms in total. The molecule has 1 N–H and O–H groups in total. The Bertz CT molecular complexity index is 464. The molecule has 1 aromatic carbocycles. The van der Waals surface area contributed by atoms with Crippen LogP contribution in [-0.4, -0.2) is 19.8 Å². The van der Waals surface area contributed by atoms with Crippen molar-refractivity contribution in [3.8, 4) is 0 Å². The Morgan fingerprint density at radius 2 is 1.96 bits per heavy atom.